The third-order valence-corrected chi connectivity index (χ3v) is 3.82. The molecule has 3 unspecified atom stereocenters. The number of halogens is 1. The lowest BCUT2D eigenvalue weighted by atomic mass is 10.1. The minimum absolute atomic E-state index is 0.113. The summed E-state index contributed by atoms with van der Waals surface area (Å²) in [6, 6.07) is 10.7. The van der Waals surface area contributed by atoms with E-state index in [4.69, 9.17) is 4.74 Å². The van der Waals surface area contributed by atoms with Gasteiger partial charge in [0.15, 0.2) is 0 Å². The maximum absolute atomic E-state index is 13.4. The lowest BCUT2D eigenvalue weighted by molar-refractivity contribution is -0.0590. The normalized spacial score (nSPS) is 33.6. The van der Waals surface area contributed by atoms with E-state index in [2.05, 4.69) is 29.2 Å². The van der Waals surface area contributed by atoms with Crippen molar-refractivity contribution in [2.24, 2.45) is 0 Å². The monoisotopic (exact) mass is 235 g/mol. The number of hydrogen-bond donors (Lipinski definition) is 0. The summed E-state index contributed by atoms with van der Waals surface area (Å²) in [6.07, 6.45) is 0.650. The second-order valence-corrected chi connectivity index (χ2v) is 5.00. The molecule has 17 heavy (non-hydrogen) atoms. The van der Waals surface area contributed by atoms with Gasteiger partial charge in [0, 0.05) is 25.6 Å². The molecule has 0 radical (unpaired) electrons. The van der Waals surface area contributed by atoms with Crippen molar-refractivity contribution in [3.05, 3.63) is 35.9 Å². The van der Waals surface area contributed by atoms with Gasteiger partial charge in [0.2, 0.25) is 0 Å². The molecule has 0 bridgehead atoms. The molecule has 0 amide bonds. The van der Waals surface area contributed by atoms with Crippen LogP contribution in [0.2, 0.25) is 0 Å². The number of nitrogens with zero attached hydrogens (tertiary/aromatic N) is 1. The van der Waals surface area contributed by atoms with E-state index in [1.54, 1.807) is 0 Å². The third-order valence-electron chi connectivity index (χ3n) is 3.82. The second kappa shape index (κ2) is 4.75. The van der Waals surface area contributed by atoms with Gasteiger partial charge >= 0.3 is 0 Å². The molecule has 1 aliphatic heterocycles. The van der Waals surface area contributed by atoms with Crippen LogP contribution in [-0.4, -0.2) is 36.4 Å². The van der Waals surface area contributed by atoms with Crippen molar-refractivity contribution in [2.45, 2.75) is 37.7 Å². The first-order chi connectivity index (χ1) is 8.33. The minimum atomic E-state index is -0.679. The van der Waals surface area contributed by atoms with Gasteiger partial charge in [0.05, 0.1) is 12.7 Å². The van der Waals surface area contributed by atoms with Crippen molar-refractivity contribution in [3.8, 4) is 0 Å². The predicted octanol–water partition coefficient (Wildman–Crippen LogP) is 2.39. The molecule has 92 valence electrons. The van der Waals surface area contributed by atoms with Gasteiger partial charge in [-0.05, 0) is 12.0 Å². The molecule has 1 aromatic rings. The van der Waals surface area contributed by atoms with Gasteiger partial charge in [-0.3, -0.25) is 4.90 Å². The third kappa shape index (κ3) is 2.35. The Morgan fingerprint density at radius 3 is 2.88 bits per heavy atom. The van der Waals surface area contributed by atoms with Crippen LogP contribution in [0.15, 0.2) is 30.3 Å². The number of alkyl halides is 1. The largest absolute Gasteiger partial charge is 0.375 e. The molecule has 3 heteroatoms. The first-order valence-corrected chi connectivity index (χ1v) is 6.36. The maximum Gasteiger partial charge on any atom is 0.104 e. The molecule has 3 rings (SSSR count). The Morgan fingerprint density at radius 1 is 1.24 bits per heavy atom. The molecular weight excluding hydrogens is 217 g/mol. The Hall–Kier alpha value is -0.930. The van der Waals surface area contributed by atoms with Crippen LogP contribution in [-0.2, 0) is 11.3 Å². The van der Waals surface area contributed by atoms with Crippen molar-refractivity contribution in [1.29, 1.82) is 0 Å². The average Bonchev–Trinajstić information content (AvgIpc) is 2.72. The van der Waals surface area contributed by atoms with E-state index in [9.17, 15) is 4.39 Å². The topological polar surface area (TPSA) is 12.5 Å². The van der Waals surface area contributed by atoms with Crippen LogP contribution >= 0.6 is 0 Å². The summed E-state index contributed by atoms with van der Waals surface area (Å²) < 4.78 is 19.1. The molecule has 0 N–H and O–H groups in total. The van der Waals surface area contributed by atoms with Crippen LogP contribution in [0.4, 0.5) is 4.39 Å². The van der Waals surface area contributed by atoms with Crippen molar-refractivity contribution in [3.63, 3.8) is 0 Å². The molecular formula is C14H18FNO. The Morgan fingerprint density at radius 2 is 2.06 bits per heavy atom. The molecule has 1 saturated heterocycles. The number of ether oxygens (including phenoxy) is 1. The van der Waals surface area contributed by atoms with Crippen LogP contribution in [0.5, 0.6) is 0 Å². The van der Waals surface area contributed by atoms with Crippen LogP contribution in [0.1, 0.15) is 18.4 Å². The molecule has 2 nitrogen and oxygen atoms in total. The van der Waals surface area contributed by atoms with E-state index in [1.165, 1.54) is 5.56 Å². The predicted molar refractivity (Wildman–Crippen MR) is 64.5 cm³/mol. The van der Waals surface area contributed by atoms with Gasteiger partial charge < -0.3 is 4.74 Å². The SMILES string of the molecule is FC1CC2OCCN(Cc3ccccc3)C2C1. The number of fused-ring (bicyclic) bond motifs is 1. The van der Waals surface area contributed by atoms with Gasteiger partial charge in [0.1, 0.15) is 6.17 Å². The van der Waals surface area contributed by atoms with Gasteiger partial charge in [-0.1, -0.05) is 30.3 Å². The average molecular weight is 235 g/mol. The fraction of sp³-hybridized carbons (Fsp3) is 0.571. The molecule has 0 aromatic heterocycles. The highest BCUT2D eigenvalue weighted by molar-refractivity contribution is 5.15. The summed E-state index contributed by atoms with van der Waals surface area (Å²) in [5.41, 5.74) is 1.30. The lowest BCUT2D eigenvalue weighted by Crippen LogP contribution is -2.47. The van der Waals surface area contributed by atoms with E-state index in [-0.39, 0.29) is 12.1 Å². The second-order valence-electron chi connectivity index (χ2n) is 5.00. The Balaban J connectivity index is 1.70. The summed E-state index contributed by atoms with van der Waals surface area (Å²) in [5.74, 6) is 0. The molecule has 3 atom stereocenters. The molecule has 2 aliphatic rings. The highest BCUT2D eigenvalue weighted by Gasteiger charge is 2.40. The zero-order valence-electron chi connectivity index (χ0n) is 9.89. The smallest absolute Gasteiger partial charge is 0.104 e. The van der Waals surface area contributed by atoms with E-state index in [0.717, 1.165) is 19.7 Å². The molecule has 1 saturated carbocycles. The van der Waals surface area contributed by atoms with Gasteiger partial charge in [-0.25, -0.2) is 4.39 Å². The fourth-order valence-corrected chi connectivity index (χ4v) is 2.98. The zero-order valence-corrected chi connectivity index (χ0v) is 9.89. The van der Waals surface area contributed by atoms with Crippen molar-refractivity contribution < 1.29 is 9.13 Å². The number of morpholine rings is 1. The highest BCUT2D eigenvalue weighted by Crippen LogP contribution is 2.32. The number of benzene rings is 1. The van der Waals surface area contributed by atoms with E-state index in [0.29, 0.717) is 12.8 Å². The van der Waals surface area contributed by atoms with Crippen LogP contribution in [0, 0.1) is 0 Å². The standard InChI is InChI=1S/C14H18FNO/c15-12-8-13-14(9-12)17-7-6-16(13)10-11-4-2-1-3-5-11/h1-5,12-14H,6-10H2. The van der Waals surface area contributed by atoms with E-state index < -0.39 is 6.17 Å². The highest BCUT2D eigenvalue weighted by atomic mass is 19.1. The number of hydrogen-bond acceptors (Lipinski definition) is 2. The molecule has 1 heterocycles. The maximum atomic E-state index is 13.4. The summed E-state index contributed by atoms with van der Waals surface area (Å²) in [7, 11) is 0. The molecule has 2 fully saturated rings. The molecule has 0 spiro atoms. The van der Waals surface area contributed by atoms with Crippen LogP contribution in [0.3, 0.4) is 0 Å². The number of rotatable bonds is 2. The first kappa shape index (κ1) is 11.2. The summed E-state index contributed by atoms with van der Waals surface area (Å²) in [5, 5.41) is 0. The van der Waals surface area contributed by atoms with Crippen molar-refractivity contribution in [2.75, 3.05) is 13.2 Å². The minimum Gasteiger partial charge on any atom is -0.375 e. The summed E-state index contributed by atoms with van der Waals surface area (Å²) in [6.45, 7) is 2.57. The summed E-state index contributed by atoms with van der Waals surface area (Å²) >= 11 is 0. The first-order valence-electron chi connectivity index (χ1n) is 6.36. The van der Waals surface area contributed by atoms with E-state index in [1.807, 2.05) is 6.07 Å². The quantitative estimate of drug-likeness (QED) is 0.780. The lowest BCUT2D eigenvalue weighted by Gasteiger charge is -2.37. The summed E-state index contributed by atoms with van der Waals surface area (Å²) in [4.78, 5) is 2.38. The van der Waals surface area contributed by atoms with Crippen LogP contribution in [0.25, 0.3) is 0 Å². The Labute approximate surface area is 101 Å². The van der Waals surface area contributed by atoms with Crippen molar-refractivity contribution in [1.82, 2.24) is 4.90 Å². The zero-order chi connectivity index (χ0) is 11.7. The molecule has 1 aliphatic carbocycles. The Kier molecular flexibility index (Phi) is 3.12. The van der Waals surface area contributed by atoms with Crippen molar-refractivity contribution >= 4 is 0 Å². The fourth-order valence-electron chi connectivity index (χ4n) is 2.98. The van der Waals surface area contributed by atoms with E-state index >= 15 is 0 Å². The Bertz CT molecular complexity index is 370. The van der Waals surface area contributed by atoms with Crippen LogP contribution < -0.4 is 0 Å². The van der Waals surface area contributed by atoms with Gasteiger partial charge in [-0.2, -0.15) is 0 Å². The molecule has 1 aromatic carbocycles. The van der Waals surface area contributed by atoms with Gasteiger partial charge in [0.25, 0.3) is 0 Å². The van der Waals surface area contributed by atoms with Gasteiger partial charge in [-0.15, -0.1) is 0 Å².